The van der Waals surface area contributed by atoms with Gasteiger partial charge in [0, 0.05) is 26.5 Å². The van der Waals surface area contributed by atoms with Crippen molar-refractivity contribution in [2.24, 2.45) is 11.5 Å². The molecule has 4 aromatic rings. The number of nitrogens with one attached hydrogen (secondary N) is 2. The molecule has 0 saturated carbocycles. The molecule has 7 rings (SSSR count). The third kappa shape index (κ3) is 26.0. The molecular weight excluding hydrogens is 993 g/mol. The number of rotatable bonds is 6. The van der Waals surface area contributed by atoms with E-state index in [1.54, 1.807) is 6.92 Å². The summed E-state index contributed by atoms with van der Waals surface area (Å²) in [6.07, 6.45) is -6.97. The molecule has 3 aliphatic rings. The average Bonchev–Trinajstić information content (AvgIpc) is 3.34. The van der Waals surface area contributed by atoms with Crippen molar-refractivity contribution in [2.45, 2.75) is 107 Å². The zero-order valence-corrected chi connectivity index (χ0v) is 42.5. The summed E-state index contributed by atoms with van der Waals surface area (Å²) < 4.78 is 16.6. The molecule has 0 aliphatic carbocycles. The third-order valence-electron chi connectivity index (χ3n) is 9.54. The fourth-order valence-corrected chi connectivity index (χ4v) is 6.30. The summed E-state index contributed by atoms with van der Waals surface area (Å²) in [5.41, 5.74) is 12.4. The van der Waals surface area contributed by atoms with Crippen molar-refractivity contribution in [2.75, 3.05) is 26.9 Å². The first-order valence-electron chi connectivity index (χ1n) is 20.1. The SMILES string of the molecule is CO.C[C@H]1OC(O)C(NCCCc2cccc3ccccc23)[C@@H](O)[C@H]1O.N.NCc1cccc2ccccc12.OC1C[C@@H](O)[C@@H](O)CO1.OC1C[C@@H](O)[C@@H](O)CO1.[CH2-]N.[CH2-]NS.[S]=[V].[S]=[V]. The first kappa shape index (κ1) is 68.9. The standard InChI is InChI=1S/C19H25NO4.C11H11N.2C5H10O4.CH4NS.CH4N.CH4O.H3N.2S.2V/c1-12-17(21)18(22)16(19(23)24-12)20-11-5-9-14-8-4-7-13-6-2-3-10-15(13)14;12-8-10-6-3-5-9-4-1-2-7-11(9)10;2*6-3-1-5(8)9-2-4(3)7;1-2-3;2*1-2;;;;;/h2-4,6-8,10,12,16-23H,5,9,11H2,1H3;1-7H,8,12H2;2*3-8H,1-2H2;2-3H,1H2;1-2H2;2H,1H3;1H3;;;;/q;;;;2*-1;;;;;;/t12-,16?,17+,18-,19?;;2*3-,4+,5?;;;;;;;;/m1.11......../s1. The second-order valence-electron chi connectivity index (χ2n) is 13.8. The molecule has 3 fully saturated rings. The Kier molecular flexibility index (Phi) is 44.4. The van der Waals surface area contributed by atoms with E-state index in [0.29, 0.717) is 13.1 Å². The molecule has 0 bridgehead atoms. The normalized spacial score (nSPS) is 25.8. The summed E-state index contributed by atoms with van der Waals surface area (Å²) in [5, 5.41) is 97.7. The molecule has 19 N–H and O–H groups in total. The Balaban J connectivity index is -0.000000800. The second kappa shape index (κ2) is 42.5. The molecule has 4 aromatic carbocycles. The van der Waals surface area contributed by atoms with Gasteiger partial charge in [-0.1, -0.05) is 84.9 Å². The molecule has 0 aromatic heterocycles. The zero-order chi connectivity index (χ0) is 49.9. The van der Waals surface area contributed by atoms with Crippen LogP contribution in [-0.2, 0) is 58.6 Å². The first-order valence-corrected chi connectivity index (χ1v) is 24.7. The van der Waals surface area contributed by atoms with E-state index in [4.69, 9.17) is 46.2 Å². The monoisotopic (exact) mass is 1060 g/mol. The van der Waals surface area contributed by atoms with Gasteiger partial charge in [-0.15, -0.1) is 12.8 Å². The van der Waals surface area contributed by atoms with Crippen molar-refractivity contribution in [3.63, 3.8) is 0 Å². The molecule has 3 heterocycles. The Labute approximate surface area is 420 Å². The van der Waals surface area contributed by atoms with Crippen LogP contribution in [0.15, 0.2) is 84.9 Å². The Morgan fingerprint density at radius 3 is 1.47 bits per heavy atom. The van der Waals surface area contributed by atoms with Crippen molar-refractivity contribution in [1.82, 2.24) is 16.2 Å². The van der Waals surface area contributed by atoms with Crippen molar-refractivity contribution in [3.8, 4) is 0 Å². The number of hydrogen-bond donors (Lipinski definition) is 16. The maximum atomic E-state index is 10.1. The summed E-state index contributed by atoms with van der Waals surface area (Å²) in [7, 11) is 14.9. The van der Waals surface area contributed by atoms with E-state index in [0.717, 1.165) is 20.0 Å². The molecule has 0 amide bonds. The number of aliphatic hydroxyl groups excluding tert-OH is 10. The molecule has 4 unspecified atom stereocenters. The van der Waals surface area contributed by atoms with Gasteiger partial charge in [0.15, 0.2) is 18.9 Å². The number of benzene rings is 4. The molecule has 0 radical (unpaired) electrons. The molecule has 11 atom stereocenters. The van der Waals surface area contributed by atoms with Gasteiger partial charge in [0.05, 0.1) is 37.6 Å². The van der Waals surface area contributed by atoms with Gasteiger partial charge >= 0.3 is 52.0 Å². The van der Waals surface area contributed by atoms with E-state index >= 15 is 0 Å². The average molecular weight is 1060 g/mol. The minimum atomic E-state index is -1.11. The number of ether oxygens (including phenoxy) is 3. The first-order chi connectivity index (χ1) is 31.3. The topological polar surface area (TPSA) is 341 Å². The molecule has 66 heavy (non-hydrogen) atoms. The van der Waals surface area contributed by atoms with Gasteiger partial charge in [-0.3, -0.25) is 14.1 Å². The molecular formula is C43H71N5O13S3V2-2. The van der Waals surface area contributed by atoms with Gasteiger partial charge in [-0.2, -0.15) is 0 Å². The number of fused-ring (bicyclic) bond motifs is 2. The number of aliphatic hydroxyl groups is 10. The molecule has 3 saturated heterocycles. The summed E-state index contributed by atoms with van der Waals surface area (Å²) in [5.74, 6) is 0. The van der Waals surface area contributed by atoms with Crippen LogP contribution in [0.3, 0.4) is 0 Å². The second-order valence-corrected chi connectivity index (χ2v) is 14.1. The van der Waals surface area contributed by atoms with Crippen LogP contribution in [0.4, 0.5) is 0 Å². The van der Waals surface area contributed by atoms with Gasteiger partial charge in [0.2, 0.25) is 0 Å². The number of nitrogens with two attached hydrogens (primary N) is 2. The van der Waals surface area contributed by atoms with E-state index in [9.17, 15) is 15.3 Å². The van der Waals surface area contributed by atoms with Gasteiger partial charge < -0.3 is 92.9 Å². The fraction of sp³-hybridized carbons (Fsp3) is 0.488. The van der Waals surface area contributed by atoms with Crippen LogP contribution in [-0.4, -0.2) is 146 Å². The molecule has 376 valence electrons. The number of thiol groups is 1. The van der Waals surface area contributed by atoms with Crippen molar-refractivity contribution in [1.29, 1.82) is 0 Å². The van der Waals surface area contributed by atoms with Crippen LogP contribution in [0.2, 0.25) is 0 Å². The Hall–Kier alpha value is -1.36. The van der Waals surface area contributed by atoms with Crippen LogP contribution in [0.1, 0.15) is 37.3 Å². The Bertz CT molecular complexity index is 1740. The Morgan fingerprint density at radius 1 is 0.667 bits per heavy atom. The summed E-state index contributed by atoms with van der Waals surface area (Å²) in [6.45, 7) is 2.90. The van der Waals surface area contributed by atoms with Crippen LogP contribution in [0, 0.1) is 14.1 Å². The zero-order valence-electron chi connectivity index (χ0n) is 37.2. The van der Waals surface area contributed by atoms with Gasteiger partial charge in [-0.25, -0.2) is 0 Å². The van der Waals surface area contributed by atoms with Gasteiger partial charge in [0.1, 0.15) is 24.4 Å². The predicted octanol–water partition coefficient (Wildman–Crippen LogP) is 1.39. The minimum absolute atomic E-state index is 0. The Morgan fingerprint density at radius 2 is 1.06 bits per heavy atom. The predicted molar refractivity (Wildman–Crippen MR) is 257 cm³/mol. The summed E-state index contributed by atoms with van der Waals surface area (Å²) in [4.78, 5) is 0. The van der Waals surface area contributed by atoms with Crippen molar-refractivity contribution >= 4 is 54.9 Å². The quantitative estimate of drug-likeness (QED) is 0.0737. The summed E-state index contributed by atoms with van der Waals surface area (Å²) in [6, 6.07) is 28.4. The van der Waals surface area contributed by atoms with E-state index in [-0.39, 0.29) is 32.2 Å². The van der Waals surface area contributed by atoms with Crippen LogP contribution >= 0.6 is 33.4 Å². The van der Waals surface area contributed by atoms with Crippen LogP contribution in [0.25, 0.3) is 21.5 Å². The molecule has 23 heteroatoms. The van der Waals surface area contributed by atoms with Crippen LogP contribution < -0.4 is 27.7 Å². The van der Waals surface area contributed by atoms with E-state index in [1.165, 1.54) is 32.7 Å². The van der Waals surface area contributed by atoms with E-state index < -0.39 is 67.6 Å². The van der Waals surface area contributed by atoms with E-state index in [1.807, 2.05) is 61.8 Å². The number of hydrogen-bond acceptors (Lipinski definition) is 21. The number of aryl methyl sites for hydroxylation is 1. The van der Waals surface area contributed by atoms with E-state index in [2.05, 4.69) is 127 Å². The van der Waals surface area contributed by atoms with Gasteiger partial charge in [0.25, 0.3) is 0 Å². The van der Waals surface area contributed by atoms with Crippen molar-refractivity contribution in [3.05, 3.63) is 110 Å². The molecule has 3 aliphatic heterocycles. The maximum absolute atomic E-state index is 10.1. The fourth-order valence-electron chi connectivity index (χ4n) is 6.30. The van der Waals surface area contributed by atoms with Gasteiger partial charge in [-0.05, 0) is 59.0 Å². The molecule has 18 nitrogen and oxygen atoms in total. The van der Waals surface area contributed by atoms with Crippen molar-refractivity contribution < 1.29 is 96.7 Å². The molecule has 0 spiro atoms. The summed E-state index contributed by atoms with van der Waals surface area (Å²) >= 11 is 7.22. The van der Waals surface area contributed by atoms with Crippen LogP contribution in [0.5, 0.6) is 0 Å². The third-order valence-corrected chi connectivity index (χ3v) is 9.54.